The molecule has 0 saturated carbocycles. The van der Waals surface area contributed by atoms with Crippen molar-refractivity contribution in [1.29, 1.82) is 0 Å². The molecule has 7 heteroatoms. The molecule has 0 unspecified atom stereocenters. The molecule has 1 aromatic carbocycles. The maximum absolute atomic E-state index is 12.3. The Balaban J connectivity index is 1.86. The Labute approximate surface area is 155 Å². The summed E-state index contributed by atoms with van der Waals surface area (Å²) in [6.07, 6.45) is 1.99. The first-order chi connectivity index (χ1) is 12.5. The zero-order chi connectivity index (χ0) is 18.7. The van der Waals surface area contributed by atoms with Gasteiger partial charge in [0.25, 0.3) is 5.56 Å². The molecule has 1 N–H and O–H groups in total. The molecule has 0 atom stereocenters. The van der Waals surface area contributed by atoms with Gasteiger partial charge in [-0.3, -0.25) is 14.3 Å². The molecule has 0 spiro atoms. The summed E-state index contributed by atoms with van der Waals surface area (Å²) < 4.78 is 3.23. The van der Waals surface area contributed by atoms with E-state index in [0.717, 1.165) is 29.3 Å². The fourth-order valence-corrected chi connectivity index (χ4v) is 3.76. The van der Waals surface area contributed by atoms with Crippen molar-refractivity contribution < 1.29 is 0 Å². The molecule has 0 amide bonds. The van der Waals surface area contributed by atoms with E-state index in [9.17, 15) is 9.59 Å². The molecule has 2 heterocycles. The monoisotopic (exact) mass is 370 g/mol. The molecule has 26 heavy (non-hydrogen) atoms. The summed E-state index contributed by atoms with van der Waals surface area (Å²) in [6.45, 7) is 6.35. The van der Waals surface area contributed by atoms with Crippen LogP contribution in [0.4, 0.5) is 0 Å². The predicted molar refractivity (Wildman–Crippen MR) is 106 cm³/mol. The Morgan fingerprint density at radius 1 is 1.27 bits per heavy atom. The Morgan fingerprint density at radius 2 is 2.00 bits per heavy atom. The number of allylic oxidation sites excluding steroid dienone is 1. The Kier molecular flexibility index (Phi) is 5.46. The number of fused-ring (bicyclic) bond motifs is 1. The van der Waals surface area contributed by atoms with E-state index in [-0.39, 0.29) is 0 Å². The third kappa shape index (κ3) is 3.83. The topological polar surface area (TPSA) is 72.7 Å². The SMILES string of the molecule is C=C(C)Cn1c(SCCCc2ccccc2)nc2c1c(=O)[nH]c(=O)n2C. The van der Waals surface area contributed by atoms with Gasteiger partial charge in [0.05, 0.1) is 0 Å². The number of thioether (sulfide) groups is 1. The highest BCUT2D eigenvalue weighted by molar-refractivity contribution is 7.99. The van der Waals surface area contributed by atoms with Crippen molar-refractivity contribution in [3.8, 4) is 0 Å². The molecule has 0 fully saturated rings. The fraction of sp³-hybridized carbons (Fsp3) is 0.316. The predicted octanol–water partition coefficient (Wildman–Crippen LogP) is 2.72. The van der Waals surface area contributed by atoms with Crippen molar-refractivity contribution in [1.82, 2.24) is 19.1 Å². The molecule has 136 valence electrons. The molecule has 3 aromatic rings. The molecular formula is C19H22N4O2S. The number of benzene rings is 1. The van der Waals surface area contributed by atoms with Gasteiger partial charge in [-0.2, -0.15) is 0 Å². The van der Waals surface area contributed by atoms with Crippen LogP contribution in [0.5, 0.6) is 0 Å². The molecule has 3 rings (SSSR count). The van der Waals surface area contributed by atoms with Gasteiger partial charge in [-0.25, -0.2) is 9.78 Å². The van der Waals surface area contributed by atoms with E-state index < -0.39 is 11.2 Å². The van der Waals surface area contributed by atoms with E-state index in [1.165, 1.54) is 10.1 Å². The highest BCUT2D eigenvalue weighted by Gasteiger charge is 2.17. The first-order valence-electron chi connectivity index (χ1n) is 8.48. The zero-order valence-electron chi connectivity index (χ0n) is 15.0. The van der Waals surface area contributed by atoms with Crippen molar-refractivity contribution in [2.75, 3.05) is 5.75 Å². The molecule has 6 nitrogen and oxygen atoms in total. The number of hydrogen-bond donors (Lipinski definition) is 1. The summed E-state index contributed by atoms with van der Waals surface area (Å²) >= 11 is 1.60. The second-order valence-corrected chi connectivity index (χ2v) is 7.43. The second kappa shape index (κ2) is 7.78. The minimum absolute atomic E-state index is 0.408. The van der Waals surface area contributed by atoms with Crippen molar-refractivity contribution in [2.24, 2.45) is 7.05 Å². The molecule has 2 aromatic heterocycles. The molecule has 0 aliphatic carbocycles. The van der Waals surface area contributed by atoms with E-state index in [4.69, 9.17) is 0 Å². The van der Waals surface area contributed by atoms with Gasteiger partial charge in [0, 0.05) is 19.3 Å². The van der Waals surface area contributed by atoms with Crippen LogP contribution in [-0.2, 0) is 20.0 Å². The van der Waals surface area contributed by atoms with E-state index in [0.29, 0.717) is 17.7 Å². The lowest BCUT2D eigenvalue weighted by Crippen LogP contribution is -2.29. The van der Waals surface area contributed by atoms with Gasteiger partial charge < -0.3 is 4.57 Å². The lowest BCUT2D eigenvalue weighted by molar-refractivity contribution is 0.718. The van der Waals surface area contributed by atoms with Crippen molar-refractivity contribution >= 4 is 22.9 Å². The number of aromatic amines is 1. The van der Waals surface area contributed by atoms with E-state index in [1.807, 2.05) is 29.7 Å². The number of H-pyrrole nitrogens is 1. The normalized spacial score (nSPS) is 11.2. The molecule has 0 radical (unpaired) electrons. The van der Waals surface area contributed by atoms with Gasteiger partial charge in [-0.05, 0) is 25.3 Å². The molecule has 0 aliphatic heterocycles. The van der Waals surface area contributed by atoms with Crippen LogP contribution in [0, 0.1) is 0 Å². The van der Waals surface area contributed by atoms with Crippen LogP contribution in [0.3, 0.4) is 0 Å². The average molecular weight is 370 g/mol. The van der Waals surface area contributed by atoms with E-state index in [2.05, 4.69) is 28.7 Å². The Morgan fingerprint density at radius 3 is 2.69 bits per heavy atom. The Hall–Kier alpha value is -2.54. The number of nitrogens with zero attached hydrogens (tertiary/aromatic N) is 3. The van der Waals surface area contributed by atoms with Crippen molar-refractivity contribution in [2.45, 2.75) is 31.5 Å². The summed E-state index contributed by atoms with van der Waals surface area (Å²) in [5, 5.41) is 0.739. The van der Waals surface area contributed by atoms with Crippen LogP contribution in [0.1, 0.15) is 18.9 Å². The number of imidazole rings is 1. The second-order valence-electron chi connectivity index (χ2n) is 6.37. The highest BCUT2D eigenvalue weighted by atomic mass is 32.2. The summed E-state index contributed by atoms with van der Waals surface area (Å²) in [7, 11) is 1.61. The number of aryl methyl sites for hydroxylation is 2. The van der Waals surface area contributed by atoms with Crippen LogP contribution in [-0.4, -0.2) is 24.9 Å². The fourth-order valence-electron chi connectivity index (χ4n) is 2.83. The standard InChI is InChI=1S/C19H22N4O2S/c1-13(2)12-23-15-16(22(3)18(25)21-17(15)24)20-19(23)26-11-7-10-14-8-5-4-6-9-14/h4-6,8-9H,1,7,10-12H2,2-3H3,(H,21,24,25). The third-order valence-electron chi connectivity index (χ3n) is 4.08. The lowest BCUT2D eigenvalue weighted by Gasteiger charge is -2.08. The quantitative estimate of drug-likeness (QED) is 0.394. The summed E-state index contributed by atoms with van der Waals surface area (Å²) in [5.41, 5.74) is 2.19. The number of rotatable bonds is 7. The molecule has 0 aliphatic rings. The average Bonchev–Trinajstić information content (AvgIpc) is 2.96. The van der Waals surface area contributed by atoms with Gasteiger partial charge >= 0.3 is 5.69 Å². The van der Waals surface area contributed by atoms with Crippen molar-refractivity contribution in [3.63, 3.8) is 0 Å². The largest absolute Gasteiger partial charge is 0.329 e. The van der Waals surface area contributed by atoms with Crippen molar-refractivity contribution in [3.05, 3.63) is 68.9 Å². The third-order valence-corrected chi connectivity index (χ3v) is 5.15. The summed E-state index contributed by atoms with van der Waals surface area (Å²) in [6, 6.07) is 10.3. The minimum atomic E-state index is -0.455. The number of nitrogens with one attached hydrogen (secondary N) is 1. The maximum atomic E-state index is 12.3. The van der Waals surface area contributed by atoms with Crippen LogP contribution in [0.25, 0.3) is 11.2 Å². The number of hydrogen-bond acceptors (Lipinski definition) is 4. The van der Waals surface area contributed by atoms with Crippen LogP contribution >= 0.6 is 11.8 Å². The van der Waals surface area contributed by atoms with Crippen LogP contribution in [0.2, 0.25) is 0 Å². The zero-order valence-corrected chi connectivity index (χ0v) is 15.8. The van der Waals surface area contributed by atoms with Gasteiger partial charge in [-0.1, -0.05) is 54.2 Å². The van der Waals surface area contributed by atoms with E-state index in [1.54, 1.807) is 18.8 Å². The summed E-state index contributed by atoms with van der Waals surface area (Å²) in [5.74, 6) is 0.875. The lowest BCUT2D eigenvalue weighted by atomic mass is 10.1. The molecular weight excluding hydrogens is 348 g/mol. The Bertz CT molecular complexity index is 1050. The smallest absolute Gasteiger partial charge is 0.309 e. The van der Waals surface area contributed by atoms with Crippen LogP contribution < -0.4 is 11.2 Å². The van der Waals surface area contributed by atoms with E-state index >= 15 is 0 Å². The summed E-state index contributed by atoms with van der Waals surface area (Å²) in [4.78, 5) is 31.1. The first kappa shape index (κ1) is 18.3. The number of aromatic nitrogens is 4. The van der Waals surface area contributed by atoms with Gasteiger partial charge in [0.2, 0.25) is 0 Å². The van der Waals surface area contributed by atoms with Crippen LogP contribution in [0.15, 0.2) is 57.2 Å². The highest BCUT2D eigenvalue weighted by Crippen LogP contribution is 2.23. The van der Waals surface area contributed by atoms with Gasteiger partial charge in [0.1, 0.15) is 0 Å². The molecule has 0 bridgehead atoms. The maximum Gasteiger partial charge on any atom is 0.329 e. The van der Waals surface area contributed by atoms with Gasteiger partial charge in [-0.15, -0.1) is 0 Å². The van der Waals surface area contributed by atoms with Gasteiger partial charge in [0.15, 0.2) is 16.3 Å². The first-order valence-corrected chi connectivity index (χ1v) is 9.46. The molecule has 0 saturated heterocycles. The minimum Gasteiger partial charge on any atom is -0.309 e.